The summed E-state index contributed by atoms with van der Waals surface area (Å²) in [5.41, 5.74) is 1.85. The molecule has 3 aromatic rings. The van der Waals surface area contributed by atoms with Crippen LogP contribution < -0.4 is 5.56 Å². The smallest absolute Gasteiger partial charge is 0.257 e. The zero-order chi connectivity index (χ0) is 18.9. The van der Waals surface area contributed by atoms with Crippen LogP contribution in [0.3, 0.4) is 0 Å². The van der Waals surface area contributed by atoms with Crippen LogP contribution in [-0.2, 0) is 22.7 Å². The number of ether oxygens (including phenoxy) is 1. The molecule has 1 aromatic carbocycles. The molecule has 2 aliphatic rings. The third kappa shape index (κ3) is 2.27. The van der Waals surface area contributed by atoms with Gasteiger partial charge in [0.1, 0.15) is 12.7 Å². The lowest BCUT2D eigenvalue weighted by atomic mass is 10.0. The number of rotatable bonds is 0. The van der Waals surface area contributed by atoms with Crippen LogP contribution in [0.5, 0.6) is 0 Å². The largest absolute Gasteiger partial charge is 0.380 e. The van der Waals surface area contributed by atoms with E-state index in [1.807, 2.05) is 0 Å². The first kappa shape index (κ1) is 16.2. The van der Waals surface area contributed by atoms with Crippen molar-refractivity contribution in [3.8, 4) is 11.4 Å². The van der Waals surface area contributed by atoms with Crippen molar-refractivity contribution in [1.82, 2.24) is 9.55 Å². The predicted molar refractivity (Wildman–Crippen MR) is 90.1 cm³/mol. The summed E-state index contributed by atoms with van der Waals surface area (Å²) in [4.78, 5) is 29.2. The molecule has 8 heteroatoms. The first-order valence-corrected chi connectivity index (χ1v) is 8.28. The summed E-state index contributed by atoms with van der Waals surface area (Å²) in [6.45, 7) is -0.128. The fraction of sp³-hybridized carbons (Fsp3) is 0.211. The Kier molecular flexibility index (Phi) is 3.31. The standard InChI is InChI=1S/C19H12F2N2O4/c20-12-2-8-1-9-5-23-15(17(9)22-14(8)4-13(12)21)3-10-11(19(23)26)6-27-7-16(24)18(10)25/h1-4,18,25H,5-7H2/t18-/m0/s1. The molecule has 2 aliphatic heterocycles. The highest BCUT2D eigenvalue weighted by Crippen LogP contribution is 2.34. The highest BCUT2D eigenvalue weighted by molar-refractivity contribution is 5.87. The molecule has 1 atom stereocenters. The van der Waals surface area contributed by atoms with Gasteiger partial charge in [0, 0.05) is 28.1 Å². The molecule has 0 unspecified atom stereocenters. The highest BCUT2D eigenvalue weighted by Gasteiger charge is 2.31. The average Bonchev–Trinajstić information content (AvgIpc) is 2.92. The van der Waals surface area contributed by atoms with E-state index in [-0.39, 0.29) is 42.0 Å². The Morgan fingerprint density at radius 1 is 1.11 bits per heavy atom. The van der Waals surface area contributed by atoms with E-state index in [4.69, 9.17) is 4.74 Å². The lowest BCUT2D eigenvalue weighted by Gasteiger charge is -2.13. The molecule has 0 radical (unpaired) electrons. The Balaban J connectivity index is 1.77. The Hall–Kier alpha value is -2.97. The lowest BCUT2D eigenvalue weighted by Crippen LogP contribution is -2.26. The molecule has 136 valence electrons. The van der Waals surface area contributed by atoms with Crippen LogP contribution in [0.15, 0.2) is 29.1 Å². The van der Waals surface area contributed by atoms with Crippen LogP contribution in [0.1, 0.15) is 22.8 Å². The molecule has 0 bridgehead atoms. The summed E-state index contributed by atoms with van der Waals surface area (Å²) in [7, 11) is 0. The maximum absolute atomic E-state index is 13.6. The predicted octanol–water partition coefficient (Wildman–Crippen LogP) is 1.84. The number of aliphatic hydroxyl groups excluding tert-OH is 1. The number of benzene rings is 1. The number of aromatic nitrogens is 2. The van der Waals surface area contributed by atoms with Crippen LogP contribution in [0.4, 0.5) is 8.78 Å². The monoisotopic (exact) mass is 370 g/mol. The van der Waals surface area contributed by atoms with Crippen LogP contribution >= 0.6 is 0 Å². The van der Waals surface area contributed by atoms with Gasteiger partial charge < -0.3 is 14.4 Å². The number of nitrogens with zero attached hydrogens (tertiary/aromatic N) is 2. The fourth-order valence-electron chi connectivity index (χ4n) is 3.68. The molecule has 6 nitrogen and oxygen atoms in total. The number of ketones is 1. The Bertz CT molecular complexity index is 1220. The van der Waals surface area contributed by atoms with Gasteiger partial charge in [-0.05, 0) is 18.2 Å². The maximum atomic E-state index is 13.6. The molecule has 2 aromatic heterocycles. The third-order valence-corrected chi connectivity index (χ3v) is 5.03. The van der Waals surface area contributed by atoms with E-state index < -0.39 is 23.5 Å². The molecule has 0 aliphatic carbocycles. The van der Waals surface area contributed by atoms with E-state index in [9.17, 15) is 23.5 Å². The van der Waals surface area contributed by atoms with Crippen molar-refractivity contribution >= 4 is 16.7 Å². The molecule has 27 heavy (non-hydrogen) atoms. The molecular weight excluding hydrogens is 358 g/mol. The van der Waals surface area contributed by atoms with Gasteiger partial charge in [-0.25, -0.2) is 13.8 Å². The number of Topliss-reactive ketones (excluding diaryl/α,β-unsaturated/α-hetero) is 1. The number of halogens is 2. The minimum Gasteiger partial charge on any atom is -0.380 e. The van der Waals surface area contributed by atoms with Crippen molar-refractivity contribution in [1.29, 1.82) is 0 Å². The molecule has 0 spiro atoms. The fourth-order valence-corrected chi connectivity index (χ4v) is 3.68. The first-order valence-electron chi connectivity index (χ1n) is 8.28. The second kappa shape index (κ2) is 5.51. The van der Waals surface area contributed by atoms with E-state index in [1.54, 1.807) is 12.1 Å². The summed E-state index contributed by atoms with van der Waals surface area (Å²) < 4.78 is 33.7. The quantitative estimate of drug-likeness (QED) is 0.511. The maximum Gasteiger partial charge on any atom is 0.257 e. The van der Waals surface area contributed by atoms with Crippen molar-refractivity contribution < 1.29 is 23.4 Å². The zero-order valence-corrected chi connectivity index (χ0v) is 13.8. The van der Waals surface area contributed by atoms with E-state index in [2.05, 4.69) is 4.98 Å². The molecule has 4 heterocycles. The highest BCUT2D eigenvalue weighted by atomic mass is 19.2. The number of pyridine rings is 2. The Morgan fingerprint density at radius 2 is 1.89 bits per heavy atom. The van der Waals surface area contributed by atoms with Crippen LogP contribution in [0.25, 0.3) is 22.3 Å². The minimum absolute atomic E-state index is 0.0700. The van der Waals surface area contributed by atoms with Gasteiger partial charge in [0.2, 0.25) is 0 Å². The molecule has 1 N–H and O–H groups in total. The van der Waals surface area contributed by atoms with Gasteiger partial charge in [0.25, 0.3) is 5.56 Å². The van der Waals surface area contributed by atoms with Crippen LogP contribution in [-0.4, -0.2) is 27.0 Å². The van der Waals surface area contributed by atoms with Crippen molar-refractivity contribution in [3.63, 3.8) is 0 Å². The number of fused-ring (bicyclic) bond motifs is 5. The minimum atomic E-state index is -1.45. The summed E-state index contributed by atoms with van der Waals surface area (Å²) in [6.07, 6.45) is -1.45. The zero-order valence-electron chi connectivity index (χ0n) is 13.8. The SMILES string of the molecule is O=C1COCc2c(cc3n(c2=O)Cc2cc4cc(F)c(F)cc4nc2-3)[C@@H]1O. The summed E-state index contributed by atoms with van der Waals surface area (Å²) in [6, 6.07) is 5.28. The molecule has 5 rings (SSSR count). The Morgan fingerprint density at radius 3 is 2.70 bits per heavy atom. The van der Waals surface area contributed by atoms with Gasteiger partial charge in [0.05, 0.1) is 30.1 Å². The van der Waals surface area contributed by atoms with E-state index >= 15 is 0 Å². The van der Waals surface area contributed by atoms with Crippen molar-refractivity contribution in [2.24, 2.45) is 0 Å². The molecule has 0 amide bonds. The number of carbonyl (C=O) groups excluding carboxylic acids is 1. The summed E-state index contributed by atoms with van der Waals surface area (Å²) in [5.74, 6) is -2.51. The summed E-state index contributed by atoms with van der Waals surface area (Å²) in [5, 5.41) is 10.7. The first-order chi connectivity index (χ1) is 12.9. The van der Waals surface area contributed by atoms with Gasteiger partial charge in [-0.15, -0.1) is 0 Å². The van der Waals surface area contributed by atoms with Gasteiger partial charge >= 0.3 is 0 Å². The van der Waals surface area contributed by atoms with Crippen LogP contribution in [0, 0.1) is 11.6 Å². The molecular formula is C19H12F2N2O4. The topological polar surface area (TPSA) is 81.4 Å². The number of aliphatic hydroxyl groups is 1. The van der Waals surface area contributed by atoms with Gasteiger partial charge in [-0.3, -0.25) is 9.59 Å². The normalized spacial score (nSPS) is 18.2. The summed E-state index contributed by atoms with van der Waals surface area (Å²) >= 11 is 0. The van der Waals surface area contributed by atoms with E-state index in [0.717, 1.165) is 12.1 Å². The van der Waals surface area contributed by atoms with Crippen LogP contribution in [0.2, 0.25) is 0 Å². The van der Waals surface area contributed by atoms with Gasteiger partial charge in [-0.2, -0.15) is 0 Å². The second-order valence-electron chi connectivity index (χ2n) is 6.67. The molecule has 0 saturated carbocycles. The van der Waals surface area contributed by atoms with Crippen molar-refractivity contribution in [2.45, 2.75) is 19.3 Å². The Labute approximate surface area is 150 Å². The average molecular weight is 370 g/mol. The van der Waals surface area contributed by atoms with Crippen molar-refractivity contribution in [2.75, 3.05) is 6.61 Å². The second-order valence-corrected chi connectivity index (χ2v) is 6.67. The number of hydrogen-bond acceptors (Lipinski definition) is 5. The molecule has 0 fully saturated rings. The number of hydrogen-bond donors (Lipinski definition) is 1. The third-order valence-electron chi connectivity index (χ3n) is 5.03. The van der Waals surface area contributed by atoms with Gasteiger partial charge in [0.15, 0.2) is 17.4 Å². The number of carbonyl (C=O) groups is 1. The van der Waals surface area contributed by atoms with E-state index in [1.165, 1.54) is 4.57 Å². The molecule has 0 saturated heterocycles. The van der Waals surface area contributed by atoms with Crippen molar-refractivity contribution in [3.05, 3.63) is 62.9 Å². The lowest BCUT2D eigenvalue weighted by molar-refractivity contribution is -0.131. The van der Waals surface area contributed by atoms with E-state index in [0.29, 0.717) is 22.3 Å². The van der Waals surface area contributed by atoms with Gasteiger partial charge in [-0.1, -0.05) is 0 Å².